The second-order valence-corrected chi connectivity index (χ2v) is 29.0. The Kier molecular flexibility index (Phi) is 30.4. The largest absolute Gasteiger partial charge is 0.445 e. The number of fused-ring (bicyclic) bond motifs is 2. The normalized spacial score (nSPS) is 19.1. The van der Waals surface area contributed by atoms with E-state index in [0.717, 1.165) is 10.6 Å². The van der Waals surface area contributed by atoms with E-state index in [0.29, 0.717) is 62.6 Å². The maximum Gasteiger partial charge on any atom is 0.411 e. The Balaban J connectivity index is 1.16. The summed E-state index contributed by atoms with van der Waals surface area (Å²) in [6.45, 7) is 17.6. The molecule has 27 nitrogen and oxygen atoms in total. The Hall–Kier alpha value is -8.55. The molecule has 8 N–H and O–H groups in total. The highest BCUT2D eigenvalue weighted by atomic mass is 32.1. The molecule has 13 atom stereocenters. The number of carbonyl (C=O) groups excluding carboxylic acids is 10. The van der Waals surface area contributed by atoms with E-state index in [-0.39, 0.29) is 87.0 Å². The van der Waals surface area contributed by atoms with Crippen molar-refractivity contribution in [2.45, 2.75) is 213 Å². The van der Waals surface area contributed by atoms with E-state index in [4.69, 9.17) is 35.8 Å². The van der Waals surface area contributed by atoms with Gasteiger partial charge in [-0.3, -0.25) is 33.7 Å². The Morgan fingerprint density at radius 1 is 0.840 bits per heavy atom. The van der Waals surface area contributed by atoms with E-state index >= 15 is 4.79 Å². The zero-order chi connectivity index (χ0) is 73.7. The number of urea groups is 1. The Labute approximate surface area is 592 Å². The van der Waals surface area contributed by atoms with Crippen molar-refractivity contribution in [2.24, 2.45) is 35.3 Å². The first-order valence-corrected chi connectivity index (χ1v) is 35.5. The van der Waals surface area contributed by atoms with Gasteiger partial charge in [0, 0.05) is 71.3 Å². The fourth-order valence-electron chi connectivity index (χ4n) is 13.6. The van der Waals surface area contributed by atoms with Crippen molar-refractivity contribution < 1.29 is 71.6 Å². The van der Waals surface area contributed by atoms with E-state index in [1.807, 2.05) is 70.3 Å². The lowest BCUT2D eigenvalue weighted by molar-refractivity contribution is -0.148. The summed E-state index contributed by atoms with van der Waals surface area (Å²) in [5, 5.41) is 19.5. The molecule has 1 saturated carbocycles. The number of carbonyl (C=O) groups is 10. The zero-order valence-corrected chi connectivity index (χ0v) is 61.3. The molecule has 1 aromatic heterocycles. The van der Waals surface area contributed by atoms with E-state index < -0.39 is 120 Å². The molecule has 28 heteroatoms. The van der Waals surface area contributed by atoms with Crippen LogP contribution >= 0.6 is 11.3 Å². The van der Waals surface area contributed by atoms with Crippen LogP contribution in [0, 0.1) is 41.9 Å². The summed E-state index contributed by atoms with van der Waals surface area (Å²) in [6.07, 6.45) is 7.66. The van der Waals surface area contributed by atoms with Gasteiger partial charge in [0.2, 0.25) is 35.4 Å². The molecule has 3 heterocycles. The summed E-state index contributed by atoms with van der Waals surface area (Å²) < 4.78 is 28.9. The molecular formula is C72H106N12O15S. The number of rotatable bonds is 34. The SMILES string of the molecule is C#CCOC(=O)N(C)Cc1cc(NC(=O)[C@H](CCCNC(N)=O)NC(=O)[C@@H](NC(=O)OC(C)(C)C)C(C)C)ccc1COC(=O)N1[C@@H]2CC[C@@H](C2)[C@H]1C(=O)N[C@H](C(=O)N(C)[C@@H]([C@@H](C)CC)[C@@H](CC(=O)N1CCC[C@H]1[C@H](OC)[C@@H](C)C(=O)N[C@@H](Cc1ccccc1)c1nccs1)OC)C(C)C. The summed E-state index contributed by atoms with van der Waals surface area (Å²) in [5.41, 5.74) is 6.50. The van der Waals surface area contributed by atoms with Crippen LogP contribution in [0.5, 0.6) is 0 Å². The zero-order valence-electron chi connectivity index (χ0n) is 60.5. The molecule has 1 aliphatic carbocycles. The first-order valence-electron chi connectivity index (χ1n) is 34.6. The first-order chi connectivity index (χ1) is 47.4. The molecule has 6 rings (SSSR count). The van der Waals surface area contributed by atoms with Gasteiger partial charge in [0.05, 0.1) is 42.7 Å². The van der Waals surface area contributed by atoms with Crippen LogP contribution < -0.4 is 37.6 Å². The monoisotopic (exact) mass is 1410 g/mol. The number of benzene rings is 2. The number of primary amides is 1. The minimum Gasteiger partial charge on any atom is -0.445 e. The fourth-order valence-corrected chi connectivity index (χ4v) is 14.3. The summed E-state index contributed by atoms with van der Waals surface area (Å²) in [4.78, 5) is 149. The number of nitrogens with two attached hydrogens (primary N) is 1. The molecule has 2 saturated heterocycles. The highest BCUT2D eigenvalue weighted by molar-refractivity contribution is 7.09. The molecule has 2 bridgehead atoms. The number of thiazole rings is 1. The molecule has 3 aliphatic rings. The number of aromatic nitrogens is 1. The Bertz CT molecular complexity index is 3310. The highest BCUT2D eigenvalue weighted by Crippen LogP contribution is 2.43. The van der Waals surface area contributed by atoms with Crippen molar-refractivity contribution in [3.63, 3.8) is 0 Å². The minimum absolute atomic E-state index is 0.0226. The van der Waals surface area contributed by atoms with Crippen LogP contribution in [0.2, 0.25) is 0 Å². The number of terminal acetylenes is 1. The predicted molar refractivity (Wildman–Crippen MR) is 376 cm³/mol. The summed E-state index contributed by atoms with van der Waals surface area (Å²) in [5.74, 6) is -2.41. The number of likely N-dealkylation sites (N-methyl/N-ethyl adjacent to an activating group) is 1. The third-order valence-electron chi connectivity index (χ3n) is 18.9. The second-order valence-electron chi connectivity index (χ2n) is 28.0. The molecular weight excluding hydrogens is 1300 g/mol. The van der Waals surface area contributed by atoms with Gasteiger partial charge in [-0.15, -0.1) is 17.8 Å². The van der Waals surface area contributed by atoms with E-state index in [1.54, 1.807) is 83.0 Å². The van der Waals surface area contributed by atoms with Crippen LogP contribution in [0.25, 0.3) is 0 Å². The molecule has 3 fully saturated rings. The van der Waals surface area contributed by atoms with Crippen LogP contribution in [-0.2, 0) is 72.0 Å². The predicted octanol–water partition coefficient (Wildman–Crippen LogP) is 7.42. The van der Waals surface area contributed by atoms with Gasteiger partial charge in [0.15, 0.2) is 6.61 Å². The number of methoxy groups -OCH3 is 2. The molecule has 11 amide bonds. The van der Waals surface area contributed by atoms with Crippen LogP contribution in [0.4, 0.5) is 24.9 Å². The maximum atomic E-state index is 15.1. The smallest absolute Gasteiger partial charge is 0.411 e. The number of nitrogens with zero attached hydrogens (tertiary/aromatic N) is 5. The second kappa shape index (κ2) is 37.8. The number of nitrogens with one attached hydrogen (secondary N) is 6. The third kappa shape index (κ3) is 22.2. The van der Waals surface area contributed by atoms with Crippen LogP contribution in [-0.4, -0.2) is 192 Å². The molecule has 2 aromatic carbocycles. The van der Waals surface area contributed by atoms with Crippen LogP contribution in [0.1, 0.15) is 155 Å². The quantitative estimate of drug-likeness (QED) is 0.0174. The van der Waals surface area contributed by atoms with Gasteiger partial charge in [0.25, 0.3) is 0 Å². The van der Waals surface area contributed by atoms with Gasteiger partial charge in [-0.25, -0.2) is 24.2 Å². The van der Waals surface area contributed by atoms with Gasteiger partial charge in [-0.05, 0) is 125 Å². The summed E-state index contributed by atoms with van der Waals surface area (Å²) >= 11 is 1.47. The van der Waals surface area contributed by atoms with Crippen molar-refractivity contribution in [3.8, 4) is 12.3 Å². The number of hydrogen-bond acceptors (Lipinski definition) is 17. The number of piperidine rings is 1. The standard InChI is InChI=1S/C72H106N12O15S/c1-16-34-97-70(93)81(12)40-49-37-50(76-63(87)52(25-21-31-75-68(73)91)77-64(88)57(42(3)4)80-69(92)99-72(9,10)11)29-27-48(49)41-98-71(94)84-51-30-28-47(38-51)60(84)65(89)79-58(43(5)6)67(90)82(13)59(44(7)17-2)55(95-14)39-56(85)83-33-22-26-54(83)61(96-15)45(8)62(86)78-53(66-74-32-35-100-66)36-46-23-19-18-20-24-46/h1,18-20,23-24,27,29,32,35,37,42-45,47,51-55,57-61H,17,21-22,25-26,28,30-31,33-34,36,38-41H2,2-15H3,(H,76,87)(H,77,88)(H,78,86)(H,79,89)(H,80,92)(H3,73,75,91)/t44-,45+,47-,51+,52-,53-,54-,55+,57-,58-,59-,60-,61+/m0/s1. The van der Waals surface area contributed by atoms with E-state index in [9.17, 15) is 43.2 Å². The highest BCUT2D eigenvalue weighted by Gasteiger charge is 2.53. The van der Waals surface area contributed by atoms with E-state index in [1.165, 1.54) is 35.3 Å². The molecule has 0 radical (unpaired) electrons. The lowest BCUT2D eigenvalue weighted by Gasteiger charge is -2.41. The van der Waals surface area contributed by atoms with Gasteiger partial charge in [0.1, 0.15) is 41.4 Å². The van der Waals surface area contributed by atoms with Crippen molar-refractivity contribution in [1.82, 2.24) is 51.2 Å². The van der Waals surface area contributed by atoms with Gasteiger partial charge >= 0.3 is 24.3 Å². The Morgan fingerprint density at radius 2 is 1.55 bits per heavy atom. The van der Waals surface area contributed by atoms with Crippen molar-refractivity contribution >= 4 is 76.8 Å². The summed E-state index contributed by atoms with van der Waals surface area (Å²) in [7, 11) is 6.19. The topological polar surface area (TPSA) is 341 Å². The van der Waals surface area contributed by atoms with Gasteiger partial charge in [-0.2, -0.15) is 0 Å². The molecule has 550 valence electrons. The molecule has 100 heavy (non-hydrogen) atoms. The number of likely N-dealkylation sites (tertiary alicyclic amines) is 2. The first kappa shape index (κ1) is 80.4. The van der Waals surface area contributed by atoms with Crippen molar-refractivity contribution in [2.75, 3.05) is 53.3 Å². The van der Waals surface area contributed by atoms with Crippen LogP contribution in [0.3, 0.4) is 0 Å². The number of ether oxygens (including phenoxy) is 5. The number of hydrogen-bond donors (Lipinski definition) is 7. The average Bonchev–Trinajstić information content (AvgIpc) is 1.68. The van der Waals surface area contributed by atoms with Crippen molar-refractivity contribution in [3.05, 3.63) is 81.8 Å². The minimum atomic E-state index is -1.21. The fraction of sp³-hybridized carbons (Fsp3) is 0.625. The van der Waals surface area contributed by atoms with Crippen LogP contribution in [0.15, 0.2) is 60.1 Å². The summed E-state index contributed by atoms with van der Waals surface area (Å²) in [6, 6.07) is 7.63. The average molecular weight is 1410 g/mol. The molecule has 0 unspecified atom stereocenters. The maximum absolute atomic E-state index is 15.1. The third-order valence-corrected chi connectivity index (χ3v) is 19.8. The van der Waals surface area contributed by atoms with Crippen molar-refractivity contribution in [1.29, 1.82) is 0 Å². The van der Waals surface area contributed by atoms with Gasteiger partial charge in [-0.1, -0.05) is 97.2 Å². The lowest BCUT2D eigenvalue weighted by atomic mass is 9.89. The molecule has 2 aliphatic heterocycles. The number of alkyl carbamates (subject to hydrolysis) is 1. The number of anilines is 1. The lowest BCUT2D eigenvalue weighted by Crippen LogP contribution is -2.60. The molecule has 3 aromatic rings. The molecule has 0 spiro atoms. The van der Waals surface area contributed by atoms with E-state index in [2.05, 4.69) is 42.8 Å². The Morgan fingerprint density at radius 3 is 2.17 bits per heavy atom. The number of amides is 11. The van der Waals surface area contributed by atoms with Gasteiger partial charge < -0.3 is 76.0 Å².